The third-order valence-corrected chi connectivity index (χ3v) is 19.4. The van der Waals surface area contributed by atoms with Crippen LogP contribution in [-0.4, -0.2) is 130 Å². The Morgan fingerprint density at radius 1 is 0.578 bits per heavy atom. The Labute approximate surface area is 390 Å². The highest BCUT2D eigenvalue weighted by molar-refractivity contribution is 5.24. The second-order valence-electron chi connectivity index (χ2n) is 24.1. The van der Waals surface area contributed by atoms with Gasteiger partial charge in [-0.15, -0.1) is 0 Å². The molecule has 10 rings (SSSR count). The molecule has 6 atom stereocenters. The zero-order chi connectivity index (χ0) is 47.0. The van der Waals surface area contributed by atoms with E-state index in [1.165, 1.54) is 89.4 Å². The van der Waals surface area contributed by atoms with E-state index in [0.717, 1.165) is 75.8 Å². The fourth-order valence-electron chi connectivity index (χ4n) is 15.4. The zero-order valence-corrected chi connectivity index (χ0v) is 43.2. The van der Waals surface area contributed by atoms with E-state index in [2.05, 4.69) is 108 Å². The normalized spacial score (nSPS) is 38.3. The Hall–Kier alpha value is -1.26. The summed E-state index contributed by atoms with van der Waals surface area (Å²) in [6.07, 6.45) is 18.9. The summed E-state index contributed by atoms with van der Waals surface area (Å²) in [6, 6.07) is 0. The van der Waals surface area contributed by atoms with Gasteiger partial charge in [-0.05, 0) is 172 Å². The summed E-state index contributed by atoms with van der Waals surface area (Å²) in [5.41, 5.74) is 5.56. The molecule has 10 saturated heterocycles. The van der Waals surface area contributed by atoms with Gasteiger partial charge in [-0.25, -0.2) is 17.6 Å². The number of fused-ring (bicyclic) bond motifs is 5. The molecule has 0 bridgehead atoms. The van der Waals surface area contributed by atoms with Gasteiger partial charge in [0.15, 0.2) is 0 Å². The number of alkyl halides is 3. The van der Waals surface area contributed by atoms with Gasteiger partial charge < -0.3 is 0 Å². The molecule has 0 aromatic carbocycles. The largest absolute Gasteiger partial charge is 0.294 e. The SMILES string of the molecule is C/C(F)=C1\CN2CCCC2(C(C)C)C1.C/C=C1\CN2CCCC2(C(C)C)C1.C=C1CN2CCCC2(C(C)C)C1.CC(C)C12CCCN1CC(F)(F)C2.CC(C)C12CCCN1C[C@H](F)C2. The van der Waals surface area contributed by atoms with Crippen molar-refractivity contribution in [2.24, 2.45) is 29.6 Å². The van der Waals surface area contributed by atoms with Gasteiger partial charge in [-0.1, -0.05) is 93.0 Å². The molecule has 0 amide bonds. The Kier molecular flexibility index (Phi) is 16.6. The highest BCUT2D eigenvalue weighted by atomic mass is 19.3. The van der Waals surface area contributed by atoms with Crippen molar-refractivity contribution in [3.63, 3.8) is 0 Å². The molecule has 10 aliphatic rings. The van der Waals surface area contributed by atoms with Gasteiger partial charge >= 0.3 is 0 Å². The molecule has 0 aromatic rings. The second kappa shape index (κ2) is 20.4. The second-order valence-corrected chi connectivity index (χ2v) is 24.1. The van der Waals surface area contributed by atoms with Crippen LogP contribution in [0.1, 0.15) is 179 Å². The van der Waals surface area contributed by atoms with Gasteiger partial charge in [-0.2, -0.15) is 0 Å². The predicted molar refractivity (Wildman–Crippen MR) is 262 cm³/mol. The van der Waals surface area contributed by atoms with Crippen molar-refractivity contribution in [2.75, 3.05) is 65.4 Å². The third kappa shape index (κ3) is 10.1. The van der Waals surface area contributed by atoms with Crippen LogP contribution in [0, 0.1) is 29.6 Å². The molecule has 10 aliphatic heterocycles. The van der Waals surface area contributed by atoms with Crippen LogP contribution in [0.25, 0.3) is 0 Å². The van der Waals surface area contributed by atoms with E-state index in [-0.39, 0.29) is 29.9 Å². The van der Waals surface area contributed by atoms with Crippen LogP contribution >= 0.6 is 0 Å². The molecular formula is C55H95F4N5. The van der Waals surface area contributed by atoms with Crippen LogP contribution in [0.15, 0.2) is 35.2 Å². The average molecular weight is 902 g/mol. The minimum atomic E-state index is -2.44. The van der Waals surface area contributed by atoms with Crippen molar-refractivity contribution in [1.82, 2.24) is 24.5 Å². The van der Waals surface area contributed by atoms with E-state index in [1.807, 2.05) is 4.90 Å². The summed E-state index contributed by atoms with van der Waals surface area (Å²) < 4.78 is 52.9. The number of hydrogen-bond donors (Lipinski definition) is 0. The van der Waals surface area contributed by atoms with Crippen molar-refractivity contribution >= 4 is 0 Å². The smallest absolute Gasteiger partial charge is 0.262 e. The molecule has 0 radical (unpaired) electrons. The molecule has 0 aliphatic carbocycles. The van der Waals surface area contributed by atoms with Crippen LogP contribution in [0.2, 0.25) is 0 Å². The highest BCUT2D eigenvalue weighted by Gasteiger charge is 2.58. The average Bonchev–Trinajstić information content (AvgIpc) is 4.03. The maximum absolute atomic E-state index is 13.2. The van der Waals surface area contributed by atoms with Crippen molar-refractivity contribution in [1.29, 1.82) is 0 Å². The van der Waals surface area contributed by atoms with Crippen molar-refractivity contribution in [2.45, 2.75) is 219 Å². The molecule has 9 heteroatoms. The molecule has 64 heavy (non-hydrogen) atoms. The van der Waals surface area contributed by atoms with Crippen LogP contribution < -0.4 is 0 Å². The number of halogens is 4. The third-order valence-electron chi connectivity index (χ3n) is 19.4. The minimum Gasteiger partial charge on any atom is -0.294 e. The molecule has 0 aromatic heterocycles. The zero-order valence-electron chi connectivity index (χ0n) is 43.2. The van der Waals surface area contributed by atoms with E-state index in [4.69, 9.17) is 0 Å². The van der Waals surface area contributed by atoms with E-state index in [1.54, 1.807) is 12.5 Å². The minimum absolute atomic E-state index is 0.00875. The molecule has 0 saturated carbocycles. The van der Waals surface area contributed by atoms with Gasteiger partial charge in [0.25, 0.3) is 5.92 Å². The van der Waals surface area contributed by atoms with Gasteiger partial charge in [-0.3, -0.25) is 24.5 Å². The summed E-state index contributed by atoms with van der Waals surface area (Å²) >= 11 is 0. The maximum Gasteiger partial charge on any atom is 0.262 e. The quantitative estimate of drug-likeness (QED) is 0.201. The van der Waals surface area contributed by atoms with E-state index < -0.39 is 12.1 Å². The molecule has 5 unspecified atom stereocenters. The molecule has 368 valence electrons. The lowest BCUT2D eigenvalue weighted by molar-refractivity contribution is 0.00825. The lowest BCUT2D eigenvalue weighted by atomic mass is 9.82. The van der Waals surface area contributed by atoms with E-state index in [9.17, 15) is 17.6 Å². The molecule has 10 heterocycles. The molecular weight excluding hydrogens is 807 g/mol. The van der Waals surface area contributed by atoms with Crippen LogP contribution in [-0.2, 0) is 0 Å². The summed E-state index contributed by atoms with van der Waals surface area (Å²) in [7, 11) is 0. The fourth-order valence-corrected chi connectivity index (χ4v) is 15.4. The first-order valence-electron chi connectivity index (χ1n) is 26.4. The summed E-state index contributed by atoms with van der Waals surface area (Å²) in [4.78, 5) is 12.3. The summed E-state index contributed by atoms with van der Waals surface area (Å²) in [6.45, 7) is 40.3. The number of nitrogens with zero attached hydrogens (tertiary/aromatic N) is 5. The van der Waals surface area contributed by atoms with Crippen LogP contribution in [0.5, 0.6) is 0 Å². The summed E-state index contributed by atoms with van der Waals surface area (Å²) in [5.74, 6) is 0.821. The van der Waals surface area contributed by atoms with E-state index in [0.29, 0.717) is 40.9 Å². The van der Waals surface area contributed by atoms with Crippen molar-refractivity contribution < 1.29 is 17.6 Å². The topological polar surface area (TPSA) is 16.2 Å². The van der Waals surface area contributed by atoms with Crippen molar-refractivity contribution in [3.05, 3.63) is 35.2 Å². The van der Waals surface area contributed by atoms with Gasteiger partial charge in [0, 0.05) is 60.3 Å². The van der Waals surface area contributed by atoms with Crippen molar-refractivity contribution in [3.8, 4) is 0 Å². The lowest BCUT2D eigenvalue weighted by Crippen LogP contribution is -2.42. The van der Waals surface area contributed by atoms with Gasteiger partial charge in [0.2, 0.25) is 0 Å². The highest BCUT2D eigenvalue weighted by Crippen LogP contribution is 2.51. The Morgan fingerprint density at radius 3 is 1.42 bits per heavy atom. The van der Waals surface area contributed by atoms with Gasteiger partial charge in [0.1, 0.15) is 6.17 Å². The van der Waals surface area contributed by atoms with Crippen LogP contribution in [0.4, 0.5) is 17.6 Å². The molecule has 0 spiro atoms. The first kappa shape index (κ1) is 52.1. The van der Waals surface area contributed by atoms with E-state index >= 15 is 0 Å². The fraction of sp³-hybridized carbons (Fsp3) is 0.891. The monoisotopic (exact) mass is 902 g/mol. The van der Waals surface area contributed by atoms with Gasteiger partial charge in [0.05, 0.1) is 12.4 Å². The first-order chi connectivity index (χ1) is 30.0. The lowest BCUT2D eigenvalue weighted by Gasteiger charge is -2.35. The Morgan fingerprint density at radius 2 is 1.00 bits per heavy atom. The predicted octanol–water partition coefficient (Wildman–Crippen LogP) is 13.1. The standard InChI is InChI=1S/C12H20FN.C12H21N.C11H19N.C10H17F2N.C10H18FN/c1-9(2)12-5-4-6-14(12)8-11(7-12)10(3)13;1-4-11-8-12(10(2)3)6-5-7-13(12)9-11;1-9(2)11-5-4-6-12(11)8-10(3)7-11;1-8(2)9-4-3-5-13(9)7-10(11,12)6-9;1-8(2)10-4-3-5-12(10)7-9(11)6-10/h9H,4-8H2,1-3H3;4,10H,5-9H2,1-3H3;9H,3-8H2,1-2H3;8H,3-7H2,1-2H3;8-9H,3-7H2,1-2H3/b11-10+;11-4-;;;/t;;;;9-,10?/m....1/s1. The van der Waals surface area contributed by atoms with Crippen LogP contribution in [0.3, 0.4) is 0 Å². The Bertz CT molecular complexity index is 1650. The number of allylic oxidation sites excluding steroid dienone is 2. The molecule has 0 N–H and O–H groups in total. The number of rotatable bonds is 5. The molecule has 5 nitrogen and oxygen atoms in total. The maximum atomic E-state index is 13.2. The number of hydrogen-bond acceptors (Lipinski definition) is 5. The summed E-state index contributed by atoms with van der Waals surface area (Å²) in [5, 5.41) is 0. The Balaban J connectivity index is 0.000000133. The first-order valence-corrected chi connectivity index (χ1v) is 26.4. The molecule has 10 fully saturated rings.